The van der Waals surface area contributed by atoms with Gasteiger partial charge in [0.15, 0.2) is 5.82 Å². The van der Waals surface area contributed by atoms with Crippen LogP contribution in [-0.2, 0) is 6.54 Å². The zero-order valence-electron chi connectivity index (χ0n) is 7.93. The quantitative estimate of drug-likeness (QED) is 0.926. The summed E-state index contributed by atoms with van der Waals surface area (Å²) in [4.78, 5) is 1.06. The molecule has 2 rings (SSSR count). The summed E-state index contributed by atoms with van der Waals surface area (Å²) >= 11 is 5.02. The lowest BCUT2D eigenvalue weighted by molar-refractivity contribution is 0.569. The topological polar surface area (TPSA) is 69.6 Å². The van der Waals surface area contributed by atoms with Gasteiger partial charge in [0, 0.05) is 16.4 Å². The fourth-order valence-electron chi connectivity index (χ4n) is 1.20. The first-order valence-electron chi connectivity index (χ1n) is 4.52. The van der Waals surface area contributed by atoms with Crippen LogP contribution in [0.3, 0.4) is 0 Å². The summed E-state index contributed by atoms with van der Waals surface area (Å²) in [5.74, 6) is 0.805. The van der Waals surface area contributed by atoms with Gasteiger partial charge in [0.2, 0.25) is 0 Å². The monoisotopic (exact) mass is 287 g/mol. The molecule has 0 aromatic carbocycles. The van der Waals surface area contributed by atoms with Crippen LogP contribution in [0.5, 0.6) is 0 Å². The number of halogens is 1. The summed E-state index contributed by atoms with van der Waals surface area (Å²) in [5, 5.41) is 13.6. The summed E-state index contributed by atoms with van der Waals surface area (Å²) in [5.41, 5.74) is 5.45. The van der Waals surface area contributed by atoms with Gasteiger partial charge in [0.25, 0.3) is 0 Å². The Morgan fingerprint density at radius 3 is 3.07 bits per heavy atom. The first-order valence-corrected chi connectivity index (χ1v) is 6.19. The highest BCUT2D eigenvalue weighted by molar-refractivity contribution is 9.10. The molecule has 0 amide bonds. The van der Waals surface area contributed by atoms with Gasteiger partial charge in [0.1, 0.15) is 0 Å². The van der Waals surface area contributed by atoms with Crippen molar-refractivity contribution in [2.24, 2.45) is 5.73 Å². The van der Waals surface area contributed by atoms with Crippen molar-refractivity contribution >= 4 is 27.3 Å². The van der Waals surface area contributed by atoms with Crippen LogP contribution in [0.4, 0.5) is 0 Å². The first kappa shape index (κ1) is 10.7. The molecule has 0 fully saturated rings. The Morgan fingerprint density at radius 1 is 1.53 bits per heavy atom. The molecule has 0 spiro atoms. The van der Waals surface area contributed by atoms with Crippen LogP contribution in [0.25, 0.3) is 10.7 Å². The van der Waals surface area contributed by atoms with Crippen LogP contribution in [0.2, 0.25) is 0 Å². The minimum absolute atomic E-state index is 0.646. The molecule has 0 saturated carbocycles. The number of hydrogen-bond donors (Lipinski definition) is 1. The van der Waals surface area contributed by atoms with Crippen molar-refractivity contribution < 1.29 is 0 Å². The van der Waals surface area contributed by atoms with E-state index in [0.717, 1.165) is 28.1 Å². The molecule has 7 heteroatoms. The van der Waals surface area contributed by atoms with Crippen LogP contribution in [0, 0.1) is 0 Å². The highest BCUT2D eigenvalue weighted by atomic mass is 79.9. The van der Waals surface area contributed by atoms with Crippen molar-refractivity contribution in [1.29, 1.82) is 0 Å². The second-order valence-corrected chi connectivity index (χ2v) is 4.82. The molecular weight excluding hydrogens is 278 g/mol. The second-order valence-electron chi connectivity index (χ2n) is 3.00. The molecule has 0 radical (unpaired) electrons. The Balaban J connectivity index is 2.24. The van der Waals surface area contributed by atoms with E-state index in [-0.39, 0.29) is 0 Å². The van der Waals surface area contributed by atoms with Gasteiger partial charge in [0.05, 0.1) is 4.88 Å². The molecule has 0 aliphatic rings. The molecule has 2 aromatic rings. The predicted octanol–water partition coefficient (Wildman–Crippen LogP) is 1.51. The number of rotatable bonds is 4. The molecule has 0 saturated heterocycles. The van der Waals surface area contributed by atoms with Gasteiger partial charge in [-0.3, -0.25) is 0 Å². The third-order valence-electron chi connectivity index (χ3n) is 1.89. The lowest BCUT2D eigenvalue weighted by Gasteiger charge is -2.00. The molecule has 80 valence electrons. The highest BCUT2D eigenvalue weighted by Gasteiger charge is 2.10. The lowest BCUT2D eigenvalue weighted by Crippen LogP contribution is -2.08. The van der Waals surface area contributed by atoms with Gasteiger partial charge in [-0.25, -0.2) is 4.68 Å². The smallest absolute Gasteiger partial charge is 0.192 e. The Morgan fingerprint density at radius 2 is 2.40 bits per heavy atom. The van der Waals surface area contributed by atoms with Crippen LogP contribution in [0.1, 0.15) is 6.42 Å². The third kappa shape index (κ3) is 2.42. The number of hydrogen-bond acceptors (Lipinski definition) is 5. The normalized spacial score (nSPS) is 10.8. The first-order chi connectivity index (χ1) is 7.31. The zero-order valence-corrected chi connectivity index (χ0v) is 10.3. The summed E-state index contributed by atoms with van der Waals surface area (Å²) in [6.45, 7) is 1.40. The van der Waals surface area contributed by atoms with Gasteiger partial charge in [-0.15, -0.1) is 16.4 Å². The molecule has 2 aromatic heterocycles. The summed E-state index contributed by atoms with van der Waals surface area (Å²) in [6, 6.07) is 2.01. The van der Waals surface area contributed by atoms with Crippen molar-refractivity contribution in [3.05, 3.63) is 15.9 Å². The number of nitrogens with zero attached hydrogens (tertiary/aromatic N) is 4. The number of aromatic nitrogens is 4. The average Bonchev–Trinajstić information content (AvgIpc) is 2.82. The molecule has 0 bridgehead atoms. The zero-order chi connectivity index (χ0) is 10.7. The van der Waals surface area contributed by atoms with Gasteiger partial charge in [-0.2, -0.15) is 0 Å². The lowest BCUT2D eigenvalue weighted by atomic mass is 10.4. The molecule has 2 heterocycles. The van der Waals surface area contributed by atoms with E-state index in [9.17, 15) is 0 Å². The van der Waals surface area contributed by atoms with Crippen molar-refractivity contribution in [3.8, 4) is 10.7 Å². The van der Waals surface area contributed by atoms with E-state index in [4.69, 9.17) is 5.73 Å². The van der Waals surface area contributed by atoms with Crippen molar-refractivity contribution in [2.75, 3.05) is 6.54 Å². The molecule has 2 N–H and O–H groups in total. The molecule has 5 nitrogen and oxygen atoms in total. The summed E-state index contributed by atoms with van der Waals surface area (Å²) in [6.07, 6.45) is 0.880. The Hall–Kier alpha value is -0.790. The number of nitrogens with two attached hydrogens (primary N) is 1. The van der Waals surface area contributed by atoms with Crippen LogP contribution in [-0.4, -0.2) is 26.8 Å². The van der Waals surface area contributed by atoms with Gasteiger partial charge >= 0.3 is 0 Å². The van der Waals surface area contributed by atoms with Crippen LogP contribution < -0.4 is 5.73 Å². The van der Waals surface area contributed by atoms with Crippen molar-refractivity contribution in [2.45, 2.75) is 13.0 Å². The van der Waals surface area contributed by atoms with E-state index in [1.54, 1.807) is 16.0 Å². The molecule has 0 aliphatic heterocycles. The van der Waals surface area contributed by atoms with E-state index in [1.807, 2.05) is 11.4 Å². The minimum Gasteiger partial charge on any atom is -0.330 e. The van der Waals surface area contributed by atoms with E-state index >= 15 is 0 Å². The number of thiophene rings is 1. The Bertz CT molecular complexity index is 438. The second kappa shape index (κ2) is 4.82. The van der Waals surface area contributed by atoms with Gasteiger partial charge in [-0.05, 0) is 45.4 Å². The minimum atomic E-state index is 0.646. The van der Waals surface area contributed by atoms with E-state index in [0.29, 0.717) is 6.54 Å². The van der Waals surface area contributed by atoms with Crippen molar-refractivity contribution in [3.63, 3.8) is 0 Å². The van der Waals surface area contributed by atoms with Crippen LogP contribution in [0.15, 0.2) is 15.9 Å². The predicted molar refractivity (Wildman–Crippen MR) is 62.5 cm³/mol. The molecule has 0 unspecified atom stereocenters. The van der Waals surface area contributed by atoms with Gasteiger partial charge < -0.3 is 5.73 Å². The fraction of sp³-hybridized carbons (Fsp3) is 0.375. The van der Waals surface area contributed by atoms with E-state index in [1.165, 1.54) is 0 Å². The number of tetrazole rings is 1. The van der Waals surface area contributed by atoms with Gasteiger partial charge in [-0.1, -0.05) is 0 Å². The largest absolute Gasteiger partial charge is 0.330 e. The highest BCUT2D eigenvalue weighted by Crippen LogP contribution is 2.27. The maximum atomic E-state index is 5.45. The summed E-state index contributed by atoms with van der Waals surface area (Å²) < 4.78 is 2.83. The molecular formula is C8H10BrN5S. The number of aryl methyl sites for hydroxylation is 1. The third-order valence-corrected chi connectivity index (χ3v) is 3.58. The SMILES string of the molecule is NCCCn1nnnc1-c1cc(Br)cs1. The van der Waals surface area contributed by atoms with E-state index < -0.39 is 0 Å². The van der Waals surface area contributed by atoms with Crippen LogP contribution >= 0.6 is 27.3 Å². The van der Waals surface area contributed by atoms with Crippen molar-refractivity contribution in [1.82, 2.24) is 20.2 Å². The molecule has 0 aliphatic carbocycles. The molecule has 0 atom stereocenters. The Kier molecular flexibility index (Phi) is 3.45. The Labute approximate surface area is 99.4 Å². The molecule has 15 heavy (non-hydrogen) atoms. The maximum absolute atomic E-state index is 5.45. The van der Waals surface area contributed by atoms with E-state index in [2.05, 4.69) is 31.5 Å². The standard InChI is InChI=1S/C8H10BrN5S/c9-6-4-7(15-5-6)8-11-12-13-14(8)3-1-2-10/h4-5H,1-3,10H2. The average molecular weight is 288 g/mol. The summed E-state index contributed by atoms with van der Waals surface area (Å²) in [7, 11) is 0. The fourth-order valence-corrected chi connectivity index (χ4v) is 2.62. The maximum Gasteiger partial charge on any atom is 0.192 e.